The Morgan fingerprint density at radius 1 is 1.25 bits per heavy atom. The van der Waals surface area contributed by atoms with Crippen LogP contribution in [0.25, 0.3) is 5.69 Å². The van der Waals surface area contributed by atoms with Crippen LogP contribution in [-0.4, -0.2) is 9.55 Å². The molecule has 84 valence electrons. The molecule has 0 unspecified atom stereocenters. The largest absolute Gasteiger partial charge is 0.416 e. The molecule has 2 nitrogen and oxygen atoms in total. The Morgan fingerprint density at radius 2 is 2.00 bits per heavy atom. The second kappa shape index (κ2) is 3.66. The molecule has 2 aromatic rings. The van der Waals surface area contributed by atoms with Crippen LogP contribution in [0.4, 0.5) is 13.2 Å². The minimum Gasteiger partial charge on any atom is -0.306 e. The van der Waals surface area contributed by atoms with Crippen LogP contribution in [0.15, 0.2) is 36.8 Å². The van der Waals surface area contributed by atoms with Crippen molar-refractivity contribution in [2.24, 2.45) is 0 Å². The zero-order valence-corrected chi connectivity index (χ0v) is 8.49. The van der Waals surface area contributed by atoms with Crippen LogP contribution < -0.4 is 0 Å². The molecule has 0 aliphatic heterocycles. The lowest BCUT2D eigenvalue weighted by atomic mass is 10.2. The molecule has 0 N–H and O–H groups in total. The third-order valence-corrected chi connectivity index (χ3v) is 2.18. The quantitative estimate of drug-likeness (QED) is 0.730. The summed E-state index contributed by atoms with van der Waals surface area (Å²) < 4.78 is 39.0. The first-order valence-electron chi connectivity index (χ1n) is 4.65. The van der Waals surface area contributed by atoms with Gasteiger partial charge in [0.15, 0.2) is 0 Å². The normalized spacial score (nSPS) is 11.8. The summed E-state index contributed by atoms with van der Waals surface area (Å²) in [5.74, 6) is 0. The van der Waals surface area contributed by atoms with Crippen molar-refractivity contribution in [2.45, 2.75) is 13.1 Å². The number of imidazole rings is 1. The molecule has 1 aromatic carbocycles. The molecule has 0 aliphatic carbocycles. The third-order valence-electron chi connectivity index (χ3n) is 2.18. The fraction of sp³-hybridized carbons (Fsp3) is 0.182. The van der Waals surface area contributed by atoms with E-state index in [4.69, 9.17) is 0 Å². The predicted molar refractivity (Wildman–Crippen MR) is 53.3 cm³/mol. The summed E-state index contributed by atoms with van der Waals surface area (Å²) in [5, 5.41) is 0. The van der Waals surface area contributed by atoms with Gasteiger partial charge in [-0.05, 0) is 25.1 Å². The van der Waals surface area contributed by atoms with Crippen molar-refractivity contribution < 1.29 is 13.2 Å². The van der Waals surface area contributed by atoms with Gasteiger partial charge in [-0.1, -0.05) is 6.07 Å². The summed E-state index contributed by atoms with van der Waals surface area (Å²) in [4.78, 5) is 3.97. The van der Waals surface area contributed by atoms with Crippen molar-refractivity contribution in [1.29, 1.82) is 0 Å². The molecule has 1 aromatic heterocycles. The highest BCUT2D eigenvalue weighted by Crippen LogP contribution is 2.30. The van der Waals surface area contributed by atoms with E-state index in [0.717, 1.165) is 17.8 Å². The van der Waals surface area contributed by atoms with Crippen LogP contribution in [0, 0.1) is 6.92 Å². The Morgan fingerprint density at radius 3 is 2.56 bits per heavy atom. The van der Waals surface area contributed by atoms with E-state index in [2.05, 4.69) is 4.98 Å². The molecule has 0 fully saturated rings. The fourth-order valence-electron chi connectivity index (χ4n) is 1.41. The van der Waals surface area contributed by atoms with Crippen LogP contribution in [0.2, 0.25) is 0 Å². The van der Waals surface area contributed by atoms with Crippen LogP contribution in [0.3, 0.4) is 0 Å². The number of aromatic nitrogens is 2. The van der Waals surface area contributed by atoms with Gasteiger partial charge >= 0.3 is 6.18 Å². The zero-order chi connectivity index (χ0) is 11.8. The summed E-state index contributed by atoms with van der Waals surface area (Å²) in [6.45, 7) is 1.78. The first kappa shape index (κ1) is 10.7. The van der Waals surface area contributed by atoms with E-state index < -0.39 is 11.7 Å². The van der Waals surface area contributed by atoms with Gasteiger partial charge in [0.25, 0.3) is 0 Å². The average Bonchev–Trinajstić information content (AvgIpc) is 2.64. The van der Waals surface area contributed by atoms with Gasteiger partial charge in [0.2, 0.25) is 0 Å². The van der Waals surface area contributed by atoms with Crippen LogP contribution in [-0.2, 0) is 6.18 Å². The number of halogens is 3. The third kappa shape index (κ3) is 2.08. The van der Waals surface area contributed by atoms with Crippen LogP contribution in [0.5, 0.6) is 0 Å². The zero-order valence-electron chi connectivity index (χ0n) is 8.49. The molecule has 0 bridgehead atoms. The maximum atomic E-state index is 12.5. The van der Waals surface area contributed by atoms with Gasteiger partial charge in [-0.2, -0.15) is 13.2 Å². The Balaban J connectivity index is 2.44. The summed E-state index contributed by atoms with van der Waals surface area (Å²) >= 11 is 0. The Labute approximate surface area is 90.4 Å². The summed E-state index contributed by atoms with van der Waals surface area (Å²) in [7, 11) is 0. The van der Waals surface area contributed by atoms with Gasteiger partial charge in [0.05, 0.1) is 17.6 Å². The summed E-state index contributed by atoms with van der Waals surface area (Å²) in [6.07, 6.45) is -1.15. The molecule has 5 heteroatoms. The van der Waals surface area contributed by atoms with E-state index in [9.17, 15) is 13.2 Å². The molecule has 16 heavy (non-hydrogen) atoms. The molecule has 0 radical (unpaired) electrons. The van der Waals surface area contributed by atoms with Gasteiger partial charge < -0.3 is 4.57 Å². The average molecular weight is 226 g/mol. The van der Waals surface area contributed by atoms with Gasteiger partial charge in [-0.25, -0.2) is 4.98 Å². The lowest BCUT2D eigenvalue weighted by Crippen LogP contribution is -2.05. The smallest absolute Gasteiger partial charge is 0.306 e. The number of nitrogens with zero attached hydrogens (tertiary/aromatic N) is 2. The number of hydrogen-bond acceptors (Lipinski definition) is 1. The highest BCUT2D eigenvalue weighted by molar-refractivity contribution is 5.37. The van der Waals surface area contributed by atoms with Crippen LogP contribution in [0.1, 0.15) is 11.3 Å². The molecule has 1 heterocycles. The SMILES string of the molecule is Cc1cn(-c2cccc(C(F)(F)F)c2)cn1. The number of hydrogen-bond donors (Lipinski definition) is 0. The summed E-state index contributed by atoms with van der Waals surface area (Å²) in [6, 6.07) is 5.14. The second-order valence-corrected chi connectivity index (χ2v) is 3.47. The van der Waals surface area contributed by atoms with E-state index in [1.165, 1.54) is 12.4 Å². The van der Waals surface area contributed by atoms with Crippen molar-refractivity contribution in [3.8, 4) is 5.69 Å². The number of benzene rings is 1. The topological polar surface area (TPSA) is 17.8 Å². The summed E-state index contributed by atoms with van der Waals surface area (Å²) in [5.41, 5.74) is 0.559. The Kier molecular flexibility index (Phi) is 2.46. The monoisotopic (exact) mass is 226 g/mol. The second-order valence-electron chi connectivity index (χ2n) is 3.47. The highest BCUT2D eigenvalue weighted by atomic mass is 19.4. The van der Waals surface area contributed by atoms with E-state index in [0.29, 0.717) is 5.69 Å². The van der Waals surface area contributed by atoms with Crippen molar-refractivity contribution in [3.05, 3.63) is 48.0 Å². The van der Waals surface area contributed by atoms with Crippen molar-refractivity contribution in [2.75, 3.05) is 0 Å². The van der Waals surface area contributed by atoms with Gasteiger partial charge in [0.1, 0.15) is 0 Å². The fourth-order valence-corrected chi connectivity index (χ4v) is 1.41. The molecule has 0 amide bonds. The predicted octanol–water partition coefficient (Wildman–Crippen LogP) is 3.20. The Hall–Kier alpha value is -1.78. The van der Waals surface area contributed by atoms with Gasteiger partial charge in [-0.3, -0.25) is 0 Å². The van der Waals surface area contributed by atoms with Crippen LogP contribution >= 0.6 is 0 Å². The molecular weight excluding hydrogens is 217 g/mol. The first-order chi connectivity index (χ1) is 7.47. The number of alkyl halides is 3. The van der Waals surface area contributed by atoms with E-state index in [1.54, 1.807) is 23.8 Å². The minimum atomic E-state index is -4.31. The lowest BCUT2D eigenvalue weighted by molar-refractivity contribution is -0.137. The van der Waals surface area contributed by atoms with Gasteiger partial charge in [-0.15, -0.1) is 0 Å². The first-order valence-corrected chi connectivity index (χ1v) is 4.65. The maximum Gasteiger partial charge on any atom is 0.416 e. The molecular formula is C11H9F3N2. The molecule has 0 saturated heterocycles. The molecule has 0 saturated carbocycles. The van der Waals surface area contributed by atoms with Gasteiger partial charge in [0, 0.05) is 11.9 Å². The molecule has 0 spiro atoms. The lowest BCUT2D eigenvalue weighted by Gasteiger charge is -2.08. The van der Waals surface area contributed by atoms with E-state index in [-0.39, 0.29) is 0 Å². The minimum absolute atomic E-state index is 0.454. The molecule has 0 aliphatic rings. The maximum absolute atomic E-state index is 12.5. The standard InChI is InChI=1S/C11H9F3N2/c1-8-6-16(7-15-8)10-4-2-3-9(5-10)11(12,13)14/h2-7H,1H3. The Bertz CT molecular complexity index is 500. The van der Waals surface area contributed by atoms with E-state index >= 15 is 0 Å². The van der Waals surface area contributed by atoms with Crippen molar-refractivity contribution in [3.63, 3.8) is 0 Å². The molecule has 0 atom stereocenters. The molecule has 2 rings (SSSR count). The number of rotatable bonds is 1. The van der Waals surface area contributed by atoms with Crippen molar-refractivity contribution >= 4 is 0 Å². The van der Waals surface area contributed by atoms with Crippen molar-refractivity contribution in [1.82, 2.24) is 9.55 Å². The number of aryl methyl sites for hydroxylation is 1. The van der Waals surface area contributed by atoms with E-state index in [1.807, 2.05) is 0 Å². The highest BCUT2D eigenvalue weighted by Gasteiger charge is 2.30.